The van der Waals surface area contributed by atoms with E-state index in [1.807, 2.05) is 0 Å². The van der Waals surface area contributed by atoms with E-state index in [1.165, 1.54) is 25.3 Å². The molecule has 0 aliphatic rings. The molecule has 1 atom stereocenters. The molecule has 0 fully saturated rings. The van der Waals surface area contributed by atoms with Crippen LogP contribution in [-0.2, 0) is 0 Å². The molecule has 1 N–H and O–H groups in total. The highest BCUT2D eigenvalue weighted by Gasteiger charge is 2.17. The Morgan fingerprint density at radius 2 is 1.95 bits per heavy atom. The molecular formula is C15H14BrF2NO. The summed E-state index contributed by atoms with van der Waals surface area (Å²) < 4.78 is 33.1. The average Bonchev–Trinajstić information content (AvgIpc) is 2.42. The molecule has 2 rings (SSSR count). The standard InChI is InChI=1S/C15H14BrF2NO/c1-9(15-12(18)4-3-5-14(15)20-2)19-13-8-10(17)6-7-11(13)16/h3-9,19H,1-2H3. The van der Waals surface area contributed by atoms with E-state index in [1.54, 1.807) is 25.1 Å². The topological polar surface area (TPSA) is 21.3 Å². The number of ether oxygens (including phenoxy) is 1. The number of hydrogen-bond donors (Lipinski definition) is 1. The van der Waals surface area contributed by atoms with Crippen LogP contribution in [0.1, 0.15) is 18.5 Å². The van der Waals surface area contributed by atoms with Crippen LogP contribution in [-0.4, -0.2) is 7.11 Å². The summed E-state index contributed by atoms with van der Waals surface area (Å²) in [5.41, 5.74) is 0.967. The molecule has 0 aliphatic heterocycles. The summed E-state index contributed by atoms with van der Waals surface area (Å²) in [6.45, 7) is 1.79. The maximum atomic E-state index is 14.0. The molecule has 106 valence electrons. The zero-order valence-corrected chi connectivity index (χ0v) is 12.7. The van der Waals surface area contributed by atoms with Gasteiger partial charge in [0, 0.05) is 4.47 Å². The minimum atomic E-state index is -0.371. The second-order valence-corrected chi connectivity index (χ2v) is 5.20. The van der Waals surface area contributed by atoms with Gasteiger partial charge in [0.25, 0.3) is 0 Å². The van der Waals surface area contributed by atoms with Crippen molar-refractivity contribution >= 4 is 21.6 Å². The van der Waals surface area contributed by atoms with Gasteiger partial charge in [-0.25, -0.2) is 8.78 Å². The van der Waals surface area contributed by atoms with Crippen molar-refractivity contribution in [1.82, 2.24) is 0 Å². The molecule has 0 spiro atoms. The number of methoxy groups -OCH3 is 1. The Labute approximate surface area is 124 Å². The average molecular weight is 342 g/mol. The predicted molar refractivity (Wildman–Crippen MR) is 79.1 cm³/mol. The highest BCUT2D eigenvalue weighted by Crippen LogP contribution is 2.32. The van der Waals surface area contributed by atoms with E-state index in [0.717, 1.165) is 0 Å². The number of hydrogen-bond acceptors (Lipinski definition) is 2. The van der Waals surface area contributed by atoms with Crippen LogP contribution in [0.15, 0.2) is 40.9 Å². The lowest BCUT2D eigenvalue weighted by Gasteiger charge is -2.20. The quantitative estimate of drug-likeness (QED) is 0.853. The van der Waals surface area contributed by atoms with E-state index in [4.69, 9.17) is 4.74 Å². The van der Waals surface area contributed by atoms with Crippen molar-refractivity contribution in [3.05, 3.63) is 58.1 Å². The van der Waals surface area contributed by atoms with E-state index in [2.05, 4.69) is 21.2 Å². The smallest absolute Gasteiger partial charge is 0.132 e. The first-order valence-electron chi connectivity index (χ1n) is 6.07. The fourth-order valence-electron chi connectivity index (χ4n) is 2.03. The van der Waals surface area contributed by atoms with Crippen LogP contribution < -0.4 is 10.1 Å². The molecule has 0 saturated heterocycles. The van der Waals surface area contributed by atoms with Crippen LogP contribution in [0.4, 0.5) is 14.5 Å². The maximum absolute atomic E-state index is 14.0. The minimum Gasteiger partial charge on any atom is -0.496 e. The summed E-state index contributed by atoms with van der Waals surface area (Å²) in [4.78, 5) is 0. The van der Waals surface area contributed by atoms with E-state index in [0.29, 0.717) is 21.5 Å². The van der Waals surface area contributed by atoms with Crippen molar-refractivity contribution in [2.24, 2.45) is 0 Å². The lowest BCUT2D eigenvalue weighted by molar-refractivity contribution is 0.402. The van der Waals surface area contributed by atoms with Gasteiger partial charge < -0.3 is 10.1 Å². The fourth-order valence-corrected chi connectivity index (χ4v) is 2.39. The Morgan fingerprint density at radius 3 is 2.65 bits per heavy atom. The largest absolute Gasteiger partial charge is 0.496 e. The van der Waals surface area contributed by atoms with Crippen LogP contribution in [0, 0.1) is 11.6 Å². The molecule has 1 unspecified atom stereocenters. The zero-order chi connectivity index (χ0) is 14.7. The SMILES string of the molecule is COc1cccc(F)c1C(C)Nc1cc(F)ccc1Br. The third kappa shape index (κ3) is 3.10. The molecule has 2 aromatic carbocycles. The number of benzene rings is 2. The third-order valence-corrected chi connectivity index (χ3v) is 3.66. The molecular weight excluding hydrogens is 328 g/mol. The summed E-state index contributed by atoms with van der Waals surface area (Å²) >= 11 is 3.33. The van der Waals surface area contributed by atoms with Crippen molar-refractivity contribution < 1.29 is 13.5 Å². The van der Waals surface area contributed by atoms with Crippen LogP contribution in [0.2, 0.25) is 0 Å². The minimum absolute atomic E-state index is 0.358. The summed E-state index contributed by atoms with van der Waals surface area (Å²) in [5.74, 6) is -0.266. The second-order valence-electron chi connectivity index (χ2n) is 4.35. The van der Waals surface area contributed by atoms with E-state index in [-0.39, 0.29) is 17.7 Å². The molecule has 0 radical (unpaired) electrons. The van der Waals surface area contributed by atoms with E-state index >= 15 is 0 Å². The van der Waals surface area contributed by atoms with Gasteiger partial charge in [0.2, 0.25) is 0 Å². The Hall–Kier alpha value is -1.62. The summed E-state index contributed by atoms with van der Waals surface area (Å²) in [6.07, 6.45) is 0. The normalized spacial score (nSPS) is 12.1. The molecule has 0 heterocycles. The molecule has 0 amide bonds. The molecule has 0 aromatic heterocycles. The van der Waals surface area contributed by atoms with Gasteiger partial charge in [-0.2, -0.15) is 0 Å². The monoisotopic (exact) mass is 341 g/mol. The first kappa shape index (κ1) is 14.8. The summed E-state index contributed by atoms with van der Waals surface area (Å²) in [7, 11) is 1.49. The first-order chi connectivity index (χ1) is 9.52. The number of nitrogens with one attached hydrogen (secondary N) is 1. The molecule has 2 nitrogen and oxygen atoms in total. The van der Waals surface area contributed by atoms with Crippen LogP contribution in [0.5, 0.6) is 5.75 Å². The molecule has 0 aliphatic carbocycles. The van der Waals surface area contributed by atoms with Gasteiger partial charge in [0.15, 0.2) is 0 Å². The number of halogens is 3. The van der Waals surface area contributed by atoms with Crippen molar-refractivity contribution in [3.63, 3.8) is 0 Å². The maximum Gasteiger partial charge on any atom is 0.132 e. The fraction of sp³-hybridized carbons (Fsp3) is 0.200. The number of rotatable bonds is 4. The van der Waals surface area contributed by atoms with E-state index < -0.39 is 0 Å². The van der Waals surface area contributed by atoms with Gasteiger partial charge in [-0.05, 0) is 53.2 Å². The highest BCUT2D eigenvalue weighted by atomic mass is 79.9. The van der Waals surface area contributed by atoms with Crippen molar-refractivity contribution in [3.8, 4) is 5.75 Å². The van der Waals surface area contributed by atoms with Gasteiger partial charge in [0.1, 0.15) is 17.4 Å². The summed E-state index contributed by atoms with van der Waals surface area (Å²) in [5, 5.41) is 3.08. The third-order valence-electron chi connectivity index (χ3n) is 2.97. The Balaban J connectivity index is 2.33. The molecule has 0 bridgehead atoms. The van der Waals surface area contributed by atoms with Gasteiger partial charge in [-0.1, -0.05) is 6.07 Å². The highest BCUT2D eigenvalue weighted by molar-refractivity contribution is 9.10. The Morgan fingerprint density at radius 1 is 1.20 bits per heavy atom. The van der Waals surface area contributed by atoms with Gasteiger partial charge in [0.05, 0.1) is 24.4 Å². The van der Waals surface area contributed by atoms with Crippen LogP contribution >= 0.6 is 15.9 Å². The predicted octanol–water partition coefficient (Wildman–Crippen LogP) is 4.91. The first-order valence-corrected chi connectivity index (χ1v) is 6.86. The van der Waals surface area contributed by atoms with Crippen molar-refractivity contribution in [1.29, 1.82) is 0 Å². The van der Waals surface area contributed by atoms with Gasteiger partial charge >= 0.3 is 0 Å². The Kier molecular flexibility index (Phi) is 4.60. The molecule has 0 saturated carbocycles. The van der Waals surface area contributed by atoms with E-state index in [9.17, 15) is 8.78 Å². The summed E-state index contributed by atoms with van der Waals surface area (Å²) in [6, 6.07) is 8.58. The molecule has 2 aromatic rings. The Bertz CT molecular complexity index is 619. The lowest BCUT2D eigenvalue weighted by atomic mass is 10.1. The number of anilines is 1. The molecule has 5 heteroatoms. The zero-order valence-electron chi connectivity index (χ0n) is 11.1. The molecule has 20 heavy (non-hydrogen) atoms. The van der Waals surface area contributed by atoms with Crippen LogP contribution in [0.25, 0.3) is 0 Å². The van der Waals surface area contributed by atoms with Gasteiger partial charge in [-0.15, -0.1) is 0 Å². The van der Waals surface area contributed by atoms with Crippen LogP contribution in [0.3, 0.4) is 0 Å². The van der Waals surface area contributed by atoms with Crippen molar-refractivity contribution in [2.45, 2.75) is 13.0 Å². The lowest BCUT2D eigenvalue weighted by Crippen LogP contribution is -2.11. The second kappa shape index (κ2) is 6.22. The van der Waals surface area contributed by atoms with Gasteiger partial charge in [-0.3, -0.25) is 0 Å². The van der Waals surface area contributed by atoms with Crippen molar-refractivity contribution in [2.75, 3.05) is 12.4 Å².